The third kappa shape index (κ3) is 3.70. The van der Waals surface area contributed by atoms with Gasteiger partial charge < -0.3 is 5.32 Å². The third-order valence-electron chi connectivity index (χ3n) is 4.18. The van der Waals surface area contributed by atoms with Gasteiger partial charge in [0.25, 0.3) is 0 Å². The van der Waals surface area contributed by atoms with E-state index in [2.05, 4.69) is 44.7 Å². The Morgan fingerprint density at radius 1 is 1.28 bits per heavy atom. The lowest BCUT2D eigenvalue weighted by atomic mass is 10.2. The minimum Gasteiger partial charge on any atom is -0.305 e. The molecule has 25 heavy (non-hydrogen) atoms. The van der Waals surface area contributed by atoms with Gasteiger partial charge in [0, 0.05) is 31.3 Å². The van der Waals surface area contributed by atoms with Crippen LogP contribution in [0.25, 0.3) is 6.08 Å². The van der Waals surface area contributed by atoms with Crippen LogP contribution in [-0.4, -0.2) is 21.0 Å². The van der Waals surface area contributed by atoms with Crippen molar-refractivity contribution in [2.45, 2.75) is 19.6 Å². The van der Waals surface area contributed by atoms with E-state index >= 15 is 0 Å². The number of rotatable bonds is 5. The van der Waals surface area contributed by atoms with Gasteiger partial charge in [0.2, 0.25) is 5.91 Å². The number of amides is 1. The molecule has 0 spiro atoms. The molecule has 6 heteroatoms. The number of carbonyl (C=O) groups excluding carboxylic acids is 1. The van der Waals surface area contributed by atoms with Crippen molar-refractivity contribution in [1.29, 1.82) is 0 Å². The quantitative estimate of drug-likeness (QED) is 0.691. The molecule has 4 rings (SSSR count). The van der Waals surface area contributed by atoms with E-state index in [-0.39, 0.29) is 5.91 Å². The van der Waals surface area contributed by atoms with Crippen molar-refractivity contribution in [3.8, 4) is 0 Å². The van der Waals surface area contributed by atoms with Crippen molar-refractivity contribution in [1.82, 2.24) is 15.1 Å². The topological polar surface area (TPSA) is 61.0 Å². The van der Waals surface area contributed by atoms with Crippen molar-refractivity contribution in [3.05, 3.63) is 75.6 Å². The maximum Gasteiger partial charge on any atom is 0.249 e. The number of nitrogens with one attached hydrogen (secondary N) is 2. The SMILES string of the molecule is O=C(/C=C/c1ccsc1)Nc1n[nH]c2c1CN(Cc1ccccc1)C2. The van der Waals surface area contributed by atoms with Gasteiger partial charge in [-0.2, -0.15) is 16.4 Å². The van der Waals surface area contributed by atoms with Crippen LogP contribution in [-0.2, 0) is 24.4 Å². The van der Waals surface area contributed by atoms with Crippen molar-refractivity contribution < 1.29 is 4.79 Å². The van der Waals surface area contributed by atoms with Gasteiger partial charge in [-0.15, -0.1) is 0 Å². The Morgan fingerprint density at radius 2 is 2.16 bits per heavy atom. The molecule has 2 aromatic heterocycles. The first-order valence-corrected chi connectivity index (χ1v) is 9.06. The molecule has 0 bridgehead atoms. The first-order chi connectivity index (χ1) is 12.3. The molecule has 3 heterocycles. The number of anilines is 1. The average molecular weight is 350 g/mol. The van der Waals surface area contributed by atoms with Crippen molar-refractivity contribution in [2.24, 2.45) is 0 Å². The Hall–Kier alpha value is -2.70. The standard InChI is InChI=1S/C19H18N4OS/c24-18(7-6-15-8-9-25-13-15)20-19-16-11-23(12-17(16)21-22-19)10-14-4-2-1-3-5-14/h1-9,13H,10-12H2,(H2,20,21,22,24)/b7-6+. The molecule has 126 valence electrons. The van der Waals surface area contributed by atoms with Crippen LogP contribution in [0.5, 0.6) is 0 Å². The first kappa shape index (κ1) is 15.8. The van der Waals surface area contributed by atoms with Crippen molar-refractivity contribution in [3.63, 3.8) is 0 Å². The van der Waals surface area contributed by atoms with Gasteiger partial charge >= 0.3 is 0 Å². The number of fused-ring (bicyclic) bond motifs is 1. The smallest absolute Gasteiger partial charge is 0.249 e. The summed E-state index contributed by atoms with van der Waals surface area (Å²) in [6.45, 7) is 2.48. The molecule has 2 N–H and O–H groups in total. The third-order valence-corrected chi connectivity index (χ3v) is 4.88. The fourth-order valence-electron chi connectivity index (χ4n) is 2.96. The summed E-state index contributed by atoms with van der Waals surface area (Å²) in [5.41, 5.74) is 4.47. The van der Waals surface area contributed by atoms with Gasteiger partial charge in [-0.1, -0.05) is 30.3 Å². The monoisotopic (exact) mass is 350 g/mol. The maximum atomic E-state index is 12.1. The van der Waals surface area contributed by atoms with Crippen LogP contribution in [0.15, 0.2) is 53.2 Å². The van der Waals surface area contributed by atoms with E-state index in [0.29, 0.717) is 5.82 Å². The van der Waals surface area contributed by atoms with Crippen molar-refractivity contribution in [2.75, 3.05) is 5.32 Å². The summed E-state index contributed by atoms with van der Waals surface area (Å²) in [5, 5.41) is 14.2. The fraction of sp³-hybridized carbons (Fsp3) is 0.158. The highest BCUT2D eigenvalue weighted by molar-refractivity contribution is 7.08. The summed E-state index contributed by atoms with van der Waals surface area (Å²) in [6.07, 6.45) is 3.35. The van der Waals surface area contributed by atoms with E-state index in [0.717, 1.165) is 36.5 Å². The molecule has 3 aromatic rings. The van der Waals surface area contributed by atoms with Crippen LogP contribution in [0.2, 0.25) is 0 Å². The highest BCUT2D eigenvalue weighted by Crippen LogP contribution is 2.28. The molecule has 1 amide bonds. The molecule has 0 radical (unpaired) electrons. The molecule has 1 aromatic carbocycles. The lowest BCUT2D eigenvalue weighted by Crippen LogP contribution is -2.17. The number of H-pyrrole nitrogens is 1. The minimum absolute atomic E-state index is 0.165. The Morgan fingerprint density at radius 3 is 2.96 bits per heavy atom. The molecule has 0 saturated carbocycles. The molecule has 1 aliphatic heterocycles. The minimum atomic E-state index is -0.165. The Bertz CT molecular complexity index is 884. The average Bonchev–Trinajstić information content (AvgIpc) is 3.33. The van der Waals surface area contributed by atoms with Gasteiger partial charge in [0.1, 0.15) is 0 Å². The number of nitrogens with zero attached hydrogens (tertiary/aromatic N) is 2. The number of benzene rings is 1. The van der Waals surface area contributed by atoms with Gasteiger partial charge in [0.15, 0.2) is 5.82 Å². The first-order valence-electron chi connectivity index (χ1n) is 8.11. The van der Waals surface area contributed by atoms with E-state index in [1.807, 2.05) is 22.9 Å². The number of aromatic nitrogens is 2. The molecule has 0 atom stereocenters. The second-order valence-corrected chi connectivity index (χ2v) is 6.82. The molecule has 0 aliphatic carbocycles. The molecule has 1 aliphatic rings. The highest BCUT2D eigenvalue weighted by atomic mass is 32.1. The predicted molar refractivity (Wildman–Crippen MR) is 100.0 cm³/mol. The van der Waals surface area contributed by atoms with E-state index < -0.39 is 0 Å². The fourth-order valence-corrected chi connectivity index (χ4v) is 3.59. The molecule has 0 unspecified atom stereocenters. The number of hydrogen-bond donors (Lipinski definition) is 2. The van der Waals surface area contributed by atoms with Gasteiger partial charge in [0.05, 0.1) is 5.69 Å². The molecular formula is C19H18N4OS. The van der Waals surface area contributed by atoms with Crippen LogP contribution >= 0.6 is 11.3 Å². The largest absolute Gasteiger partial charge is 0.305 e. The molecule has 0 fully saturated rings. The van der Waals surface area contributed by atoms with Gasteiger partial charge in [-0.25, -0.2) is 0 Å². The summed E-state index contributed by atoms with van der Waals surface area (Å²) in [6, 6.07) is 12.4. The zero-order chi connectivity index (χ0) is 17.1. The van der Waals surface area contributed by atoms with Crippen LogP contribution in [0, 0.1) is 0 Å². The Kier molecular flexibility index (Phi) is 4.45. The number of aromatic amines is 1. The second-order valence-electron chi connectivity index (χ2n) is 6.04. The number of carbonyl (C=O) groups is 1. The van der Waals surface area contributed by atoms with E-state index in [1.54, 1.807) is 23.5 Å². The Labute approximate surface area is 150 Å². The van der Waals surface area contributed by atoms with Crippen molar-refractivity contribution >= 4 is 29.1 Å². The van der Waals surface area contributed by atoms with E-state index in [9.17, 15) is 4.79 Å². The van der Waals surface area contributed by atoms with E-state index in [1.165, 1.54) is 5.56 Å². The van der Waals surface area contributed by atoms with Gasteiger partial charge in [-0.05, 0) is 34.0 Å². The zero-order valence-electron chi connectivity index (χ0n) is 13.6. The van der Waals surface area contributed by atoms with Crippen LogP contribution in [0.4, 0.5) is 5.82 Å². The van der Waals surface area contributed by atoms with Gasteiger partial charge in [-0.3, -0.25) is 14.8 Å². The number of hydrogen-bond acceptors (Lipinski definition) is 4. The zero-order valence-corrected chi connectivity index (χ0v) is 14.4. The maximum absolute atomic E-state index is 12.1. The van der Waals surface area contributed by atoms with Crippen LogP contribution in [0.3, 0.4) is 0 Å². The lowest BCUT2D eigenvalue weighted by molar-refractivity contribution is -0.111. The summed E-state index contributed by atoms with van der Waals surface area (Å²) in [7, 11) is 0. The predicted octanol–water partition coefficient (Wildman–Crippen LogP) is 3.64. The molecular weight excluding hydrogens is 332 g/mol. The summed E-state index contributed by atoms with van der Waals surface area (Å²) in [4.78, 5) is 14.4. The highest BCUT2D eigenvalue weighted by Gasteiger charge is 2.25. The van der Waals surface area contributed by atoms with Crippen LogP contribution in [0.1, 0.15) is 22.4 Å². The Balaban J connectivity index is 1.39. The normalized spacial score (nSPS) is 14.1. The van der Waals surface area contributed by atoms with E-state index in [4.69, 9.17) is 0 Å². The lowest BCUT2D eigenvalue weighted by Gasteiger charge is -2.15. The molecule has 0 saturated heterocycles. The number of thiophene rings is 1. The summed E-state index contributed by atoms with van der Waals surface area (Å²) >= 11 is 1.61. The summed E-state index contributed by atoms with van der Waals surface area (Å²) < 4.78 is 0. The second kappa shape index (κ2) is 7.04. The summed E-state index contributed by atoms with van der Waals surface area (Å²) in [5.74, 6) is 0.465. The van der Waals surface area contributed by atoms with Crippen LogP contribution < -0.4 is 5.32 Å². The molecule has 5 nitrogen and oxygen atoms in total.